The van der Waals surface area contributed by atoms with E-state index in [-0.39, 0.29) is 24.5 Å². The second-order valence-electron chi connectivity index (χ2n) is 11.6. The highest BCUT2D eigenvalue weighted by atomic mass is 16.5. The molecule has 2 fully saturated rings. The molecule has 2 aliphatic rings. The summed E-state index contributed by atoms with van der Waals surface area (Å²) < 4.78 is 6.10. The highest BCUT2D eigenvalue weighted by Gasteiger charge is 2.62. The van der Waals surface area contributed by atoms with Crippen molar-refractivity contribution < 1.29 is 19.1 Å². The van der Waals surface area contributed by atoms with Gasteiger partial charge in [-0.2, -0.15) is 0 Å². The van der Waals surface area contributed by atoms with Crippen LogP contribution in [0.1, 0.15) is 96.7 Å². The summed E-state index contributed by atoms with van der Waals surface area (Å²) in [6.07, 6.45) is 5.61. The fraction of sp³-hybridized carbons (Fsp3) is 0.710. The van der Waals surface area contributed by atoms with E-state index in [1.54, 1.807) is 11.9 Å². The number of ether oxygens (including phenoxy) is 1. The lowest BCUT2D eigenvalue weighted by atomic mass is 9.72. The molecule has 0 aromatic heterocycles. The Hall–Kier alpha value is -2.45. The molecule has 2 aliphatic heterocycles. The molecule has 0 saturated carbocycles. The summed E-state index contributed by atoms with van der Waals surface area (Å²) in [5.74, 6) is -0.375. The Labute approximate surface area is 235 Å². The van der Waals surface area contributed by atoms with Gasteiger partial charge in [0.1, 0.15) is 6.61 Å². The summed E-state index contributed by atoms with van der Waals surface area (Å²) in [7, 11) is 1.80. The van der Waals surface area contributed by atoms with Gasteiger partial charge in [-0.1, -0.05) is 63.4 Å². The van der Waals surface area contributed by atoms with Gasteiger partial charge in [-0.3, -0.25) is 14.5 Å². The molecule has 2 unspecified atom stereocenters. The van der Waals surface area contributed by atoms with Crippen molar-refractivity contribution in [1.82, 2.24) is 20.0 Å². The van der Waals surface area contributed by atoms with Gasteiger partial charge in [0.15, 0.2) is 6.23 Å². The Balaban J connectivity index is 1.64. The van der Waals surface area contributed by atoms with Crippen LogP contribution in [0.5, 0.6) is 0 Å². The molecule has 0 aliphatic carbocycles. The third-order valence-corrected chi connectivity index (χ3v) is 9.05. The van der Waals surface area contributed by atoms with E-state index in [0.29, 0.717) is 31.5 Å². The third kappa shape index (κ3) is 6.83. The number of urea groups is 1. The van der Waals surface area contributed by atoms with E-state index in [1.165, 1.54) is 24.2 Å². The number of imide groups is 1. The number of β-lactam (4-membered cyclic amide) rings is 1. The number of carbonyl (C=O) groups excluding carboxylic acids is 3. The van der Waals surface area contributed by atoms with E-state index >= 15 is 0 Å². The Morgan fingerprint density at radius 3 is 2.28 bits per heavy atom. The summed E-state index contributed by atoms with van der Waals surface area (Å²) in [5.41, 5.74) is 1.36. The van der Waals surface area contributed by atoms with E-state index in [4.69, 9.17) is 4.74 Å². The lowest BCUT2D eigenvalue weighted by Crippen LogP contribution is -2.72. The van der Waals surface area contributed by atoms with Crippen LogP contribution >= 0.6 is 0 Å². The third-order valence-electron chi connectivity index (χ3n) is 9.05. The number of piperidine rings is 1. The number of likely N-dealkylation sites (tertiary alicyclic amines) is 2. The van der Waals surface area contributed by atoms with Crippen LogP contribution in [0.2, 0.25) is 0 Å². The average molecular weight is 543 g/mol. The smallest absolute Gasteiger partial charge is 0.326 e. The van der Waals surface area contributed by atoms with Crippen LogP contribution in [0.15, 0.2) is 24.3 Å². The molecule has 0 spiro atoms. The maximum Gasteiger partial charge on any atom is 0.326 e. The SMILES string of the molecule is CCC[C@@H](NC(=O)N1C(=O)C(CC)(CC)[C@@H]1OCC(=O)N(C)CCN1C(C)CCCC1C)c1ccc(C)cc1. The minimum absolute atomic E-state index is 0.142. The van der Waals surface area contributed by atoms with Gasteiger partial charge >= 0.3 is 6.03 Å². The maximum absolute atomic E-state index is 13.4. The highest BCUT2D eigenvalue weighted by molar-refractivity contribution is 6.03. The molecule has 4 atom stereocenters. The van der Waals surface area contributed by atoms with Gasteiger partial charge in [-0.25, -0.2) is 9.69 Å². The van der Waals surface area contributed by atoms with Crippen LogP contribution in [-0.2, 0) is 14.3 Å². The Morgan fingerprint density at radius 2 is 1.72 bits per heavy atom. The second kappa shape index (κ2) is 13.8. The highest BCUT2D eigenvalue weighted by Crippen LogP contribution is 2.46. The first-order chi connectivity index (χ1) is 18.6. The minimum atomic E-state index is -0.793. The largest absolute Gasteiger partial charge is 0.347 e. The molecule has 0 bridgehead atoms. The van der Waals surface area contributed by atoms with E-state index < -0.39 is 17.7 Å². The molecule has 3 rings (SSSR count). The van der Waals surface area contributed by atoms with Gasteiger partial charge in [-0.15, -0.1) is 0 Å². The topological polar surface area (TPSA) is 82.2 Å². The quantitative estimate of drug-likeness (QED) is 0.365. The van der Waals surface area contributed by atoms with Crippen molar-refractivity contribution in [3.63, 3.8) is 0 Å². The molecule has 2 heterocycles. The molecule has 39 heavy (non-hydrogen) atoms. The molecular formula is C31H50N4O4. The lowest BCUT2D eigenvalue weighted by molar-refractivity contribution is -0.211. The number of hydrogen-bond acceptors (Lipinski definition) is 5. The van der Waals surface area contributed by atoms with Gasteiger partial charge < -0.3 is 15.0 Å². The van der Waals surface area contributed by atoms with Crippen LogP contribution in [-0.4, -0.2) is 77.6 Å². The van der Waals surface area contributed by atoms with Crippen molar-refractivity contribution in [3.05, 3.63) is 35.4 Å². The van der Waals surface area contributed by atoms with Crippen molar-refractivity contribution in [2.45, 2.75) is 111 Å². The van der Waals surface area contributed by atoms with Gasteiger partial charge in [0, 0.05) is 32.2 Å². The van der Waals surface area contributed by atoms with Crippen molar-refractivity contribution in [1.29, 1.82) is 0 Å². The molecule has 0 radical (unpaired) electrons. The first-order valence-electron chi connectivity index (χ1n) is 14.9. The number of aryl methyl sites for hydroxylation is 1. The Bertz CT molecular complexity index is 967. The van der Waals surface area contributed by atoms with Crippen LogP contribution in [0.3, 0.4) is 0 Å². The number of likely N-dealkylation sites (N-methyl/N-ethyl adjacent to an activating group) is 1. The fourth-order valence-corrected chi connectivity index (χ4v) is 6.16. The van der Waals surface area contributed by atoms with Gasteiger partial charge in [-0.05, 0) is 58.4 Å². The normalized spacial score (nSPS) is 23.7. The number of hydrogen-bond donors (Lipinski definition) is 1. The molecule has 1 aromatic rings. The molecule has 8 nitrogen and oxygen atoms in total. The standard InChI is InChI=1S/C31H50N4O4/c1-8-12-26(25-17-15-22(4)16-18-25)32-30(38)35-28(37)31(9-2,10-3)29(35)39-21-27(36)33(7)19-20-34-23(5)13-11-14-24(34)6/h15-18,23-24,26,29H,8-14,19-21H2,1-7H3,(H,32,38)/t23?,24?,26-,29+/m1/s1. The predicted octanol–water partition coefficient (Wildman–Crippen LogP) is 5.26. The molecular weight excluding hydrogens is 492 g/mol. The van der Waals surface area contributed by atoms with Crippen LogP contribution in [0.25, 0.3) is 0 Å². The van der Waals surface area contributed by atoms with Gasteiger partial charge in [0.05, 0.1) is 11.5 Å². The molecule has 1 aromatic carbocycles. The number of amides is 4. The predicted molar refractivity (Wildman–Crippen MR) is 154 cm³/mol. The Morgan fingerprint density at radius 1 is 1.10 bits per heavy atom. The number of carbonyl (C=O) groups is 3. The molecule has 4 amide bonds. The first-order valence-corrected chi connectivity index (χ1v) is 14.9. The lowest BCUT2D eigenvalue weighted by Gasteiger charge is -2.53. The van der Waals surface area contributed by atoms with E-state index in [0.717, 1.165) is 30.5 Å². The van der Waals surface area contributed by atoms with Crippen LogP contribution < -0.4 is 5.32 Å². The molecule has 218 valence electrons. The maximum atomic E-state index is 13.4. The fourth-order valence-electron chi connectivity index (χ4n) is 6.16. The average Bonchev–Trinajstić information content (AvgIpc) is 2.91. The number of nitrogens with zero attached hydrogens (tertiary/aromatic N) is 3. The zero-order valence-electron chi connectivity index (χ0n) is 25.2. The van der Waals surface area contributed by atoms with Crippen LogP contribution in [0.4, 0.5) is 4.79 Å². The summed E-state index contributed by atoms with van der Waals surface area (Å²) >= 11 is 0. The van der Waals surface area contributed by atoms with Crippen molar-refractivity contribution in [2.75, 3.05) is 26.7 Å². The number of rotatable bonds is 12. The molecule has 1 N–H and O–H groups in total. The second-order valence-corrected chi connectivity index (χ2v) is 11.6. The Kier molecular flexibility index (Phi) is 11.0. The van der Waals surface area contributed by atoms with Crippen molar-refractivity contribution in [2.24, 2.45) is 5.41 Å². The van der Waals surface area contributed by atoms with Crippen molar-refractivity contribution in [3.8, 4) is 0 Å². The summed E-state index contributed by atoms with van der Waals surface area (Å²) in [4.78, 5) is 45.1. The molecule has 8 heteroatoms. The van der Waals surface area contributed by atoms with Gasteiger partial charge in [0.2, 0.25) is 11.8 Å². The van der Waals surface area contributed by atoms with E-state index in [1.807, 2.05) is 45.0 Å². The first kappa shape index (κ1) is 31.1. The molecule has 2 saturated heterocycles. The van der Waals surface area contributed by atoms with Gasteiger partial charge in [0.25, 0.3) is 0 Å². The van der Waals surface area contributed by atoms with E-state index in [9.17, 15) is 14.4 Å². The monoisotopic (exact) mass is 542 g/mol. The minimum Gasteiger partial charge on any atom is -0.347 e. The summed E-state index contributed by atoms with van der Waals surface area (Å²) in [6, 6.07) is 8.46. The number of benzene rings is 1. The zero-order valence-corrected chi connectivity index (χ0v) is 25.2. The van der Waals surface area contributed by atoms with Crippen LogP contribution in [0, 0.1) is 12.3 Å². The van der Waals surface area contributed by atoms with E-state index in [2.05, 4.69) is 31.0 Å². The number of nitrogens with one attached hydrogen (secondary N) is 1. The summed E-state index contributed by atoms with van der Waals surface area (Å²) in [5, 5.41) is 3.06. The van der Waals surface area contributed by atoms with Crippen molar-refractivity contribution >= 4 is 17.8 Å². The zero-order chi connectivity index (χ0) is 28.7. The summed E-state index contributed by atoms with van der Waals surface area (Å²) in [6.45, 7) is 13.8.